The Bertz CT molecular complexity index is 1170. The van der Waals surface area contributed by atoms with Crippen molar-refractivity contribution in [1.82, 2.24) is 0 Å². The third-order valence-corrected chi connectivity index (χ3v) is 5.48. The minimum Gasteiger partial charge on any atom is -0.507 e. The molecule has 7 nitrogen and oxygen atoms in total. The number of hydrogen-bond donors (Lipinski definition) is 1. The number of furan rings is 1. The summed E-state index contributed by atoms with van der Waals surface area (Å²) in [5.74, 6) is -1.89. The van der Waals surface area contributed by atoms with Gasteiger partial charge in [-0.2, -0.15) is 0 Å². The Balaban J connectivity index is 1.80. The quantitative estimate of drug-likeness (QED) is 0.633. The monoisotopic (exact) mass is 420 g/mol. The number of fused-ring (bicyclic) bond motifs is 1. The molecule has 0 bridgehead atoms. The van der Waals surface area contributed by atoms with Crippen LogP contribution in [0.1, 0.15) is 54.7 Å². The molecule has 0 aliphatic heterocycles. The Morgan fingerprint density at radius 3 is 2.35 bits per heavy atom. The van der Waals surface area contributed by atoms with Crippen molar-refractivity contribution in [1.29, 1.82) is 0 Å². The van der Waals surface area contributed by atoms with Crippen LogP contribution in [0, 0.1) is 0 Å². The van der Waals surface area contributed by atoms with Crippen LogP contribution in [-0.2, 0) is 15.9 Å². The largest absolute Gasteiger partial charge is 0.507 e. The van der Waals surface area contributed by atoms with Crippen molar-refractivity contribution in [3.05, 3.63) is 76.5 Å². The van der Waals surface area contributed by atoms with Gasteiger partial charge in [0.25, 0.3) is 0 Å². The third kappa shape index (κ3) is 3.48. The number of ether oxygens (including phenoxy) is 2. The van der Waals surface area contributed by atoms with Gasteiger partial charge < -0.3 is 19.0 Å². The number of aryl methyl sites for hydroxylation is 1. The van der Waals surface area contributed by atoms with E-state index in [-0.39, 0.29) is 16.9 Å². The number of Topliss-reactive ketones (excluding diaryl/α,β-unsaturated/α-hetero) is 1. The van der Waals surface area contributed by atoms with E-state index in [1.807, 2.05) is 30.3 Å². The van der Waals surface area contributed by atoms with Crippen molar-refractivity contribution < 1.29 is 33.4 Å². The van der Waals surface area contributed by atoms with Crippen LogP contribution in [0.25, 0.3) is 11.3 Å². The van der Waals surface area contributed by atoms with Gasteiger partial charge in [0.05, 0.1) is 25.3 Å². The molecule has 7 heteroatoms. The number of carbonyl (C=O) groups is 3. The molecular formula is C24H20O7. The maximum atomic E-state index is 13.4. The molecule has 158 valence electrons. The fraction of sp³-hybridized carbons (Fsp3) is 0.208. The molecule has 4 rings (SSSR count). The average Bonchev–Trinajstić information content (AvgIpc) is 3.24. The Kier molecular flexibility index (Phi) is 5.33. The molecule has 0 unspecified atom stereocenters. The molecular weight excluding hydrogens is 400 g/mol. The highest BCUT2D eigenvalue weighted by Crippen LogP contribution is 2.40. The molecule has 0 saturated carbocycles. The number of benzene rings is 2. The molecule has 0 fully saturated rings. The minimum atomic E-state index is -0.890. The summed E-state index contributed by atoms with van der Waals surface area (Å²) in [5.41, 5.74) is 1.13. The van der Waals surface area contributed by atoms with Crippen LogP contribution in [0.3, 0.4) is 0 Å². The highest BCUT2D eigenvalue weighted by molar-refractivity contribution is 6.09. The van der Waals surface area contributed by atoms with Crippen molar-refractivity contribution >= 4 is 17.7 Å². The lowest BCUT2D eigenvalue weighted by atomic mass is 9.79. The van der Waals surface area contributed by atoms with E-state index in [4.69, 9.17) is 13.9 Å². The van der Waals surface area contributed by atoms with Crippen LogP contribution < -0.4 is 0 Å². The topological polar surface area (TPSA) is 103 Å². The molecule has 0 spiro atoms. The molecule has 0 radical (unpaired) electrons. The number of carbonyl (C=O) groups excluding carboxylic acids is 3. The number of aromatic hydroxyl groups is 1. The van der Waals surface area contributed by atoms with E-state index in [0.717, 1.165) is 12.7 Å². The number of phenolic OH excluding ortho intramolecular Hbond substituents is 1. The number of esters is 2. The molecule has 1 N–H and O–H groups in total. The summed E-state index contributed by atoms with van der Waals surface area (Å²) in [6, 6.07) is 13.9. The van der Waals surface area contributed by atoms with Crippen LogP contribution in [0.5, 0.6) is 5.75 Å². The number of ketones is 1. The Labute approximate surface area is 178 Å². The van der Waals surface area contributed by atoms with Crippen LogP contribution in [-0.4, -0.2) is 37.0 Å². The van der Waals surface area contributed by atoms with Crippen molar-refractivity contribution in [2.45, 2.75) is 18.8 Å². The summed E-state index contributed by atoms with van der Waals surface area (Å²) < 4.78 is 15.5. The van der Waals surface area contributed by atoms with Gasteiger partial charge in [0, 0.05) is 17.9 Å². The second-order valence-electron chi connectivity index (χ2n) is 7.18. The van der Waals surface area contributed by atoms with E-state index in [2.05, 4.69) is 0 Å². The van der Waals surface area contributed by atoms with Crippen LogP contribution in [0.15, 0.2) is 52.9 Å². The van der Waals surface area contributed by atoms with E-state index in [9.17, 15) is 19.5 Å². The first kappa shape index (κ1) is 20.4. The SMILES string of the molecule is COC(=O)c1c(O)ccc([C@@H]2CCc3oc(-c4ccccc4)cc3C2=O)c1C(=O)OC. The molecule has 1 aliphatic carbocycles. The lowest BCUT2D eigenvalue weighted by molar-refractivity contribution is 0.0550. The second kappa shape index (κ2) is 8.10. The Hall–Kier alpha value is -3.87. The van der Waals surface area contributed by atoms with Crippen LogP contribution >= 0.6 is 0 Å². The maximum Gasteiger partial charge on any atom is 0.342 e. The van der Waals surface area contributed by atoms with Crippen molar-refractivity contribution in [3.8, 4) is 17.1 Å². The van der Waals surface area contributed by atoms with Gasteiger partial charge in [0.15, 0.2) is 5.78 Å². The van der Waals surface area contributed by atoms with Crippen LogP contribution in [0.2, 0.25) is 0 Å². The highest BCUT2D eigenvalue weighted by atomic mass is 16.5. The van der Waals surface area contributed by atoms with Gasteiger partial charge in [-0.1, -0.05) is 36.4 Å². The lowest BCUT2D eigenvalue weighted by Gasteiger charge is -2.23. The van der Waals surface area contributed by atoms with E-state index < -0.39 is 23.6 Å². The smallest absolute Gasteiger partial charge is 0.342 e. The van der Waals surface area contributed by atoms with Gasteiger partial charge in [0.2, 0.25) is 0 Å². The fourth-order valence-corrected chi connectivity index (χ4v) is 3.99. The molecule has 1 heterocycles. The standard InChI is InChI=1S/C24H20O7/c1-29-23(27)20-14(8-10-17(25)21(20)24(28)30-2)15-9-11-18-16(22(15)26)12-19(31-18)13-6-4-3-5-7-13/h3-8,10,12,15,25H,9,11H2,1-2H3/t15-/m0/s1. The zero-order valence-electron chi connectivity index (χ0n) is 17.0. The number of rotatable bonds is 4. The van der Waals surface area contributed by atoms with E-state index in [0.29, 0.717) is 35.5 Å². The zero-order chi connectivity index (χ0) is 22.1. The Morgan fingerprint density at radius 2 is 1.68 bits per heavy atom. The van der Waals surface area contributed by atoms with Gasteiger partial charge in [0.1, 0.15) is 22.8 Å². The predicted octanol–water partition coefficient (Wildman–Crippen LogP) is 4.14. The summed E-state index contributed by atoms with van der Waals surface area (Å²) in [7, 11) is 2.31. The van der Waals surface area contributed by atoms with Crippen LogP contribution in [0.4, 0.5) is 0 Å². The van der Waals surface area contributed by atoms with Gasteiger partial charge in [-0.15, -0.1) is 0 Å². The van der Waals surface area contributed by atoms with Crippen molar-refractivity contribution in [3.63, 3.8) is 0 Å². The molecule has 0 amide bonds. The maximum absolute atomic E-state index is 13.4. The summed E-state index contributed by atoms with van der Waals surface area (Å²) in [6.07, 6.45) is 0.858. The summed E-state index contributed by atoms with van der Waals surface area (Å²) in [6.45, 7) is 0. The van der Waals surface area contributed by atoms with Gasteiger partial charge in [-0.25, -0.2) is 9.59 Å². The molecule has 0 saturated heterocycles. The van der Waals surface area contributed by atoms with E-state index >= 15 is 0 Å². The fourth-order valence-electron chi connectivity index (χ4n) is 3.99. The molecule has 31 heavy (non-hydrogen) atoms. The first-order valence-corrected chi connectivity index (χ1v) is 9.71. The summed E-state index contributed by atoms with van der Waals surface area (Å²) >= 11 is 0. The lowest BCUT2D eigenvalue weighted by Crippen LogP contribution is -2.24. The number of methoxy groups -OCH3 is 2. The number of hydrogen-bond acceptors (Lipinski definition) is 7. The summed E-state index contributed by atoms with van der Waals surface area (Å²) in [4.78, 5) is 38.2. The highest BCUT2D eigenvalue weighted by Gasteiger charge is 2.37. The normalized spacial score (nSPS) is 15.3. The first-order valence-electron chi connectivity index (χ1n) is 9.71. The Morgan fingerprint density at radius 1 is 1.00 bits per heavy atom. The molecule has 1 aliphatic rings. The first-order chi connectivity index (χ1) is 15.0. The van der Waals surface area contributed by atoms with Crippen molar-refractivity contribution in [2.24, 2.45) is 0 Å². The predicted molar refractivity (Wildman–Crippen MR) is 110 cm³/mol. The van der Waals surface area contributed by atoms with Gasteiger partial charge in [-0.05, 0) is 24.1 Å². The van der Waals surface area contributed by atoms with Crippen molar-refractivity contribution in [2.75, 3.05) is 14.2 Å². The van der Waals surface area contributed by atoms with E-state index in [1.54, 1.807) is 6.07 Å². The second-order valence-corrected chi connectivity index (χ2v) is 7.18. The molecule has 1 aromatic heterocycles. The van der Waals surface area contributed by atoms with E-state index in [1.165, 1.54) is 19.2 Å². The molecule has 1 atom stereocenters. The molecule has 2 aromatic carbocycles. The summed E-state index contributed by atoms with van der Waals surface area (Å²) in [5, 5.41) is 10.2. The molecule has 3 aromatic rings. The average molecular weight is 420 g/mol. The zero-order valence-corrected chi connectivity index (χ0v) is 17.0. The number of phenols is 1. The minimum absolute atomic E-state index is 0.164. The van der Waals surface area contributed by atoms with Gasteiger partial charge >= 0.3 is 11.9 Å². The van der Waals surface area contributed by atoms with Gasteiger partial charge in [-0.3, -0.25) is 4.79 Å². The third-order valence-electron chi connectivity index (χ3n) is 5.48.